The normalized spacial score (nSPS) is 11.3. The van der Waals surface area contributed by atoms with E-state index in [0.29, 0.717) is 0 Å². The molecule has 2 aromatic carbocycles. The number of aromatic nitrogens is 1. The van der Waals surface area contributed by atoms with Crippen LogP contribution in [0.1, 0.15) is 32.4 Å². The Balaban J connectivity index is 2.14. The van der Waals surface area contributed by atoms with Crippen molar-refractivity contribution in [3.8, 4) is 0 Å². The molecule has 0 radical (unpaired) electrons. The fraction of sp³-hybridized carbons (Fsp3) is 0.300. The fourth-order valence-electron chi connectivity index (χ4n) is 3.09. The molecule has 0 fully saturated rings. The van der Waals surface area contributed by atoms with Crippen LogP contribution in [0.5, 0.6) is 0 Å². The van der Waals surface area contributed by atoms with Gasteiger partial charge < -0.3 is 5.32 Å². The molecule has 0 bridgehead atoms. The Bertz CT molecular complexity index is 866. The van der Waals surface area contributed by atoms with Gasteiger partial charge in [-0.1, -0.05) is 50.2 Å². The topological polar surface area (TPSA) is 42.0 Å². The number of anilines is 1. The summed E-state index contributed by atoms with van der Waals surface area (Å²) in [7, 11) is 0. The van der Waals surface area contributed by atoms with Gasteiger partial charge in [-0.15, -0.1) is 0 Å². The van der Waals surface area contributed by atoms with Crippen LogP contribution in [0.4, 0.5) is 5.69 Å². The van der Waals surface area contributed by atoms with E-state index in [2.05, 4.69) is 37.4 Å². The Morgan fingerprint density at radius 3 is 2.57 bits per heavy atom. The van der Waals surface area contributed by atoms with E-state index in [1.807, 2.05) is 31.2 Å². The second-order valence-corrected chi connectivity index (χ2v) is 6.00. The summed E-state index contributed by atoms with van der Waals surface area (Å²) < 4.78 is 0. The van der Waals surface area contributed by atoms with Gasteiger partial charge in [0.15, 0.2) is 0 Å². The van der Waals surface area contributed by atoms with Crippen molar-refractivity contribution in [2.75, 3.05) is 5.32 Å². The average molecular weight is 306 g/mol. The number of benzene rings is 2. The van der Waals surface area contributed by atoms with E-state index in [-0.39, 0.29) is 11.8 Å². The van der Waals surface area contributed by atoms with E-state index >= 15 is 0 Å². The van der Waals surface area contributed by atoms with Crippen LogP contribution in [-0.4, -0.2) is 10.9 Å². The van der Waals surface area contributed by atoms with Gasteiger partial charge in [0.25, 0.3) is 0 Å². The number of hydrogen-bond donors (Lipinski definition) is 1. The molecule has 0 aliphatic carbocycles. The molecule has 0 atom stereocenters. The van der Waals surface area contributed by atoms with Crippen LogP contribution in [0.25, 0.3) is 21.7 Å². The van der Waals surface area contributed by atoms with Gasteiger partial charge in [-0.3, -0.25) is 9.78 Å². The van der Waals surface area contributed by atoms with Crippen LogP contribution < -0.4 is 5.32 Å². The zero-order chi connectivity index (χ0) is 16.4. The summed E-state index contributed by atoms with van der Waals surface area (Å²) in [4.78, 5) is 17.2. The lowest BCUT2D eigenvalue weighted by Crippen LogP contribution is -2.21. The van der Waals surface area contributed by atoms with E-state index < -0.39 is 0 Å². The van der Waals surface area contributed by atoms with E-state index in [1.54, 1.807) is 0 Å². The molecule has 1 aromatic heterocycles. The Labute approximate surface area is 136 Å². The standard InChI is InChI=1S/C20H22N2O/c1-4-14(5-2)20(23)22-18-12-13(3)21-19-16-9-7-6-8-15(16)10-11-17(18)19/h6-12,14H,4-5H2,1-3H3,(H,21,22,23). The minimum Gasteiger partial charge on any atom is -0.325 e. The molecule has 3 nitrogen and oxygen atoms in total. The molecule has 1 amide bonds. The Kier molecular flexibility index (Phi) is 4.28. The van der Waals surface area contributed by atoms with Crippen molar-refractivity contribution in [1.29, 1.82) is 0 Å². The minimum absolute atomic E-state index is 0.0546. The summed E-state index contributed by atoms with van der Waals surface area (Å²) in [6, 6.07) is 14.3. The van der Waals surface area contributed by atoms with Gasteiger partial charge in [0, 0.05) is 22.4 Å². The molecule has 3 aromatic rings. The van der Waals surface area contributed by atoms with Crippen molar-refractivity contribution >= 4 is 33.3 Å². The third-order valence-electron chi connectivity index (χ3n) is 4.45. The lowest BCUT2D eigenvalue weighted by molar-refractivity contribution is -0.120. The number of pyridine rings is 1. The molecule has 1 N–H and O–H groups in total. The number of rotatable bonds is 4. The molecule has 0 unspecified atom stereocenters. The first-order valence-corrected chi connectivity index (χ1v) is 8.24. The summed E-state index contributed by atoms with van der Waals surface area (Å²) >= 11 is 0. The number of nitrogens with zero attached hydrogens (tertiary/aromatic N) is 1. The highest BCUT2D eigenvalue weighted by atomic mass is 16.1. The van der Waals surface area contributed by atoms with Crippen LogP contribution in [-0.2, 0) is 4.79 Å². The number of carbonyl (C=O) groups excluding carboxylic acids is 1. The minimum atomic E-state index is 0.0546. The first kappa shape index (κ1) is 15.5. The maximum absolute atomic E-state index is 12.5. The molecule has 118 valence electrons. The van der Waals surface area contributed by atoms with Crippen LogP contribution in [0.2, 0.25) is 0 Å². The molecule has 0 saturated heterocycles. The van der Waals surface area contributed by atoms with Crippen LogP contribution in [0.3, 0.4) is 0 Å². The van der Waals surface area contributed by atoms with Crippen molar-refractivity contribution in [2.24, 2.45) is 5.92 Å². The predicted octanol–water partition coefficient (Wildman–Crippen LogP) is 5.07. The fourth-order valence-corrected chi connectivity index (χ4v) is 3.09. The smallest absolute Gasteiger partial charge is 0.227 e. The summed E-state index contributed by atoms with van der Waals surface area (Å²) in [5.74, 6) is 0.147. The van der Waals surface area contributed by atoms with E-state index in [0.717, 1.165) is 45.9 Å². The molecule has 3 heteroatoms. The van der Waals surface area contributed by atoms with Gasteiger partial charge in [0.2, 0.25) is 5.91 Å². The second-order valence-electron chi connectivity index (χ2n) is 6.00. The average Bonchev–Trinajstić information content (AvgIpc) is 2.55. The number of amides is 1. The number of hydrogen-bond acceptors (Lipinski definition) is 2. The van der Waals surface area contributed by atoms with Crippen LogP contribution in [0, 0.1) is 12.8 Å². The highest BCUT2D eigenvalue weighted by molar-refractivity contribution is 6.11. The van der Waals surface area contributed by atoms with Gasteiger partial charge in [-0.2, -0.15) is 0 Å². The first-order valence-electron chi connectivity index (χ1n) is 8.24. The van der Waals surface area contributed by atoms with Crippen molar-refractivity contribution in [2.45, 2.75) is 33.6 Å². The molecule has 0 spiro atoms. The largest absolute Gasteiger partial charge is 0.325 e. The number of carbonyl (C=O) groups is 1. The van der Waals surface area contributed by atoms with Crippen molar-refractivity contribution in [3.63, 3.8) is 0 Å². The first-order chi connectivity index (χ1) is 11.1. The van der Waals surface area contributed by atoms with E-state index in [9.17, 15) is 4.79 Å². The molecule has 0 aliphatic rings. The van der Waals surface area contributed by atoms with Crippen molar-refractivity contribution in [1.82, 2.24) is 4.98 Å². The lowest BCUT2D eigenvalue weighted by Gasteiger charge is -2.15. The van der Waals surface area contributed by atoms with E-state index in [4.69, 9.17) is 4.98 Å². The third kappa shape index (κ3) is 2.91. The molecule has 1 heterocycles. The highest BCUT2D eigenvalue weighted by Crippen LogP contribution is 2.30. The molecule has 0 saturated carbocycles. The van der Waals surface area contributed by atoms with Gasteiger partial charge in [-0.25, -0.2) is 0 Å². The molecular weight excluding hydrogens is 284 g/mol. The lowest BCUT2D eigenvalue weighted by atomic mass is 10.0. The molecule has 23 heavy (non-hydrogen) atoms. The second kappa shape index (κ2) is 6.37. The summed E-state index contributed by atoms with van der Waals surface area (Å²) in [6.45, 7) is 6.07. The molecule has 3 rings (SSSR count). The third-order valence-corrected chi connectivity index (χ3v) is 4.45. The van der Waals surface area contributed by atoms with Gasteiger partial charge in [0.05, 0.1) is 11.2 Å². The van der Waals surface area contributed by atoms with Crippen molar-refractivity contribution in [3.05, 3.63) is 48.2 Å². The van der Waals surface area contributed by atoms with Gasteiger partial charge in [-0.05, 0) is 31.2 Å². The van der Waals surface area contributed by atoms with Crippen molar-refractivity contribution < 1.29 is 4.79 Å². The Hall–Kier alpha value is -2.42. The van der Waals surface area contributed by atoms with E-state index in [1.165, 1.54) is 0 Å². The SMILES string of the molecule is CCC(CC)C(=O)Nc1cc(C)nc2c1ccc1ccccc12. The van der Waals surface area contributed by atoms with Crippen LogP contribution in [0.15, 0.2) is 42.5 Å². The predicted molar refractivity (Wildman–Crippen MR) is 96.7 cm³/mol. The zero-order valence-corrected chi connectivity index (χ0v) is 13.9. The van der Waals surface area contributed by atoms with Gasteiger partial charge >= 0.3 is 0 Å². The Morgan fingerprint density at radius 2 is 1.83 bits per heavy atom. The monoisotopic (exact) mass is 306 g/mol. The number of aryl methyl sites for hydroxylation is 1. The summed E-state index contributed by atoms with van der Waals surface area (Å²) in [5.41, 5.74) is 2.71. The highest BCUT2D eigenvalue weighted by Gasteiger charge is 2.16. The maximum atomic E-state index is 12.5. The molecular formula is C20H22N2O. The summed E-state index contributed by atoms with van der Waals surface area (Å²) in [5, 5.41) is 6.39. The zero-order valence-electron chi connectivity index (χ0n) is 13.9. The quantitative estimate of drug-likeness (QED) is 0.684. The number of nitrogens with one attached hydrogen (secondary N) is 1. The summed E-state index contributed by atoms with van der Waals surface area (Å²) in [6.07, 6.45) is 1.71. The van der Waals surface area contributed by atoms with Gasteiger partial charge in [0.1, 0.15) is 0 Å². The van der Waals surface area contributed by atoms with Crippen LogP contribution >= 0.6 is 0 Å². The number of fused-ring (bicyclic) bond motifs is 3. The molecule has 0 aliphatic heterocycles. The Morgan fingerprint density at radius 1 is 1.09 bits per heavy atom. The maximum Gasteiger partial charge on any atom is 0.227 e.